The van der Waals surface area contributed by atoms with E-state index in [0.29, 0.717) is 61.6 Å². The van der Waals surface area contributed by atoms with Gasteiger partial charge in [0.05, 0.1) is 6.04 Å². The van der Waals surface area contributed by atoms with Crippen molar-refractivity contribution in [2.24, 2.45) is 5.41 Å². The molecule has 15 heteroatoms. The number of rotatable bonds is 6. The summed E-state index contributed by atoms with van der Waals surface area (Å²) in [6, 6.07) is 8.00. The maximum atomic E-state index is 13.8. The quantitative estimate of drug-likeness (QED) is 0.362. The van der Waals surface area contributed by atoms with E-state index in [1.807, 2.05) is 35.2 Å². The van der Waals surface area contributed by atoms with E-state index in [-0.39, 0.29) is 11.7 Å². The molecule has 2 aromatic rings. The number of halogens is 3. The highest BCUT2D eigenvalue weighted by Crippen LogP contribution is 2.72. The van der Waals surface area contributed by atoms with Crippen LogP contribution in [-0.4, -0.2) is 68.8 Å². The van der Waals surface area contributed by atoms with Crippen molar-refractivity contribution in [3.05, 3.63) is 76.8 Å². The molecule has 7 rings (SSSR count). The number of fused-ring (bicyclic) bond motifs is 2. The molecule has 5 aliphatic rings. The molecule has 3 atom stereocenters. The number of allylic oxidation sites excluding steroid dienone is 2. The molecular formula is C29H30F3N6O5S+. The van der Waals surface area contributed by atoms with E-state index in [1.54, 1.807) is 30.7 Å². The fraction of sp³-hybridized carbons (Fsp3) is 0.448. The molecule has 4 heterocycles. The van der Waals surface area contributed by atoms with Gasteiger partial charge in [0.15, 0.2) is 5.82 Å². The molecule has 11 nitrogen and oxygen atoms in total. The van der Waals surface area contributed by atoms with Gasteiger partial charge in [0.1, 0.15) is 17.2 Å². The summed E-state index contributed by atoms with van der Waals surface area (Å²) in [7, 11) is -5.82. The van der Waals surface area contributed by atoms with Gasteiger partial charge in [0.25, 0.3) is 0 Å². The average molecular weight is 632 g/mol. The Bertz CT molecular complexity index is 1770. The number of sulfonamides is 1. The van der Waals surface area contributed by atoms with Crippen LogP contribution >= 0.6 is 0 Å². The Balaban J connectivity index is 1.06. The molecule has 232 valence electrons. The van der Waals surface area contributed by atoms with Crippen LogP contribution in [0.1, 0.15) is 56.0 Å². The fourth-order valence-corrected chi connectivity index (χ4v) is 8.55. The Labute approximate surface area is 251 Å². The number of amides is 2. The Hall–Kier alpha value is -3.98. The van der Waals surface area contributed by atoms with E-state index in [4.69, 9.17) is 4.74 Å². The highest BCUT2D eigenvalue weighted by atomic mass is 32.2. The maximum absolute atomic E-state index is 13.8. The van der Waals surface area contributed by atoms with Gasteiger partial charge in [0.2, 0.25) is 11.7 Å². The Kier molecular flexibility index (Phi) is 6.22. The maximum Gasteiger partial charge on any atom is 0.550 e. The van der Waals surface area contributed by atoms with Crippen LogP contribution in [0.4, 0.5) is 23.8 Å². The first-order valence-electron chi connectivity index (χ1n) is 14.4. The number of aryl methyl sites for hydroxylation is 1. The Morgan fingerprint density at radius 1 is 1.16 bits per heavy atom. The van der Waals surface area contributed by atoms with E-state index in [0.717, 1.165) is 5.56 Å². The lowest BCUT2D eigenvalue weighted by atomic mass is 9.95. The van der Waals surface area contributed by atoms with Crippen LogP contribution in [0.3, 0.4) is 0 Å². The smallest absolute Gasteiger partial charge is 0.441 e. The molecule has 0 radical (unpaired) electrons. The number of carbonyl (C=O) groups excluding carboxylic acids is 2. The van der Waals surface area contributed by atoms with Gasteiger partial charge in [-0.2, -0.15) is 21.6 Å². The zero-order chi connectivity index (χ0) is 31.2. The van der Waals surface area contributed by atoms with Gasteiger partial charge in [0, 0.05) is 30.4 Å². The van der Waals surface area contributed by atoms with Gasteiger partial charge in [-0.25, -0.2) is 14.3 Å². The van der Waals surface area contributed by atoms with Crippen molar-refractivity contribution in [1.82, 2.24) is 19.9 Å². The van der Waals surface area contributed by atoms with E-state index in [9.17, 15) is 31.2 Å². The lowest BCUT2D eigenvalue weighted by molar-refractivity contribution is -0.572. The van der Waals surface area contributed by atoms with Crippen LogP contribution in [0, 0.1) is 12.3 Å². The molecule has 2 aliphatic carbocycles. The number of hydrogen-bond acceptors (Lipinski definition) is 8. The molecule has 1 N–H and O–H groups in total. The molecule has 2 saturated heterocycles. The first-order valence-corrected chi connectivity index (χ1v) is 15.9. The van der Waals surface area contributed by atoms with E-state index in [1.165, 1.54) is 6.08 Å². The predicted molar refractivity (Wildman–Crippen MR) is 150 cm³/mol. The third-order valence-electron chi connectivity index (χ3n) is 9.45. The molecule has 1 aromatic carbocycles. The van der Waals surface area contributed by atoms with Crippen molar-refractivity contribution in [3.8, 4) is 0 Å². The van der Waals surface area contributed by atoms with Crippen LogP contribution in [0.25, 0.3) is 0 Å². The number of nitrogens with zero attached hydrogens (tertiary/aromatic N) is 5. The molecule has 0 bridgehead atoms. The Morgan fingerprint density at radius 3 is 2.48 bits per heavy atom. The van der Waals surface area contributed by atoms with Gasteiger partial charge < -0.3 is 9.64 Å². The summed E-state index contributed by atoms with van der Waals surface area (Å²) < 4.78 is 72.5. The predicted octanol–water partition coefficient (Wildman–Crippen LogP) is 4.61. The summed E-state index contributed by atoms with van der Waals surface area (Å²) in [5, 5.41) is 11.2. The first kappa shape index (κ1) is 28.8. The van der Waals surface area contributed by atoms with Crippen LogP contribution in [0.2, 0.25) is 0 Å². The average Bonchev–Trinajstić information content (AvgIpc) is 3.86. The van der Waals surface area contributed by atoms with Crippen molar-refractivity contribution in [2.75, 3.05) is 18.4 Å². The lowest BCUT2D eigenvalue weighted by Gasteiger charge is -2.34. The number of carbonyl (C=O) groups is 2. The van der Waals surface area contributed by atoms with Crippen LogP contribution in [-0.2, 0) is 19.6 Å². The summed E-state index contributed by atoms with van der Waals surface area (Å²) in [6.07, 6.45) is 5.62. The summed E-state index contributed by atoms with van der Waals surface area (Å²) in [6.45, 7) is 4.46. The lowest BCUT2D eigenvalue weighted by Crippen LogP contribution is -2.49. The minimum Gasteiger partial charge on any atom is -0.441 e. The van der Waals surface area contributed by atoms with Crippen molar-refractivity contribution in [2.45, 2.75) is 63.2 Å². The van der Waals surface area contributed by atoms with Crippen molar-refractivity contribution >= 4 is 27.8 Å². The van der Waals surface area contributed by atoms with E-state index >= 15 is 0 Å². The summed E-state index contributed by atoms with van der Waals surface area (Å²) in [5.74, 6) is -0.471. The summed E-state index contributed by atoms with van der Waals surface area (Å²) >= 11 is 0. The third kappa shape index (κ3) is 3.94. The monoisotopic (exact) mass is 631 g/mol. The van der Waals surface area contributed by atoms with Crippen molar-refractivity contribution in [1.29, 1.82) is 0 Å². The van der Waals surface area contributed by atoms with Gasteiger partial charge in [-0.15, -0.1) is 5.10 Å². The molecule has 1 saturated carbocycles. The SMILES string of the molecule is Cc1nnn(C2CCN(C3=CC4C5=C(C=C3)C3(CC3)C(=O)[N+]54S(=O)(=O)C(F)(F)F)CC2)c1NC(=O)O[C@H](C)c1ccccc1. The van der Waals surface area contributed by atoms with Crippen molar-refractivity contribution in [3.63, 3.8) is 0 Å². The highest BCUT2D eigenvalue weighted by Gasteiger charge is 2.91. The third-order valence-corrected chi connectivity index (χ3v) is 11.4. The van der Waals surface area contributed by atoms with Crippen molar-refractivity contribution < 1.29 is 39.8 Å². The van der Waals surface area contributed by atoms with E-state index < -0.39 is 49.0 Å². The zero-order valence-electron chi connectivity index (χ0n) is 23.9. The van der Waals surface area contributed by atoms with Crippen LogP contribution in [0.5, 0.6) is 0 Å². The molecule has 44 heavy (non-hydrogen) atoms. The molecule has 2 unspecified atom stereocenters. The second kappa shape index (κ2) is 9.51. The van der Waals surface area contributed by atoms with Gasteiger partial charge in [-0.1, -0.05) is 39.4 Å². The summed E-state index contributed by atoms with van der Waals surface area (Å²) in [4.78, 5) is 28.1. The molecule has 2 amide bonds. The number of benzene rings is 1. The van der Waals surface area contributed by atoms with Gasteiger partial charge in [-0.05, 0) is 57.2 Å². The van der Waals surface area contributed by atoms with Gasteiger partial charge >= 0.3 is 27.5 Å². The summed E-state index contributed by atoms with van der Waals surface area (Å²) in [5.41, 5.74) is -4.29. The standard InChI is InChI=1S/C29H29F3N6O5S/c1-17-25(33-27(40)43-18(2)19-6-4-3-5-7-19)37(35-34-17)20-10-14-36(15-11-20)21-8-9-22-24-23(16-21)38(24,26(39)28(22)12-13-28)44(41,42)29(30,31)32/h3-9,16,18,20,23H,10-15H2,1-2H3/p+1/t18-,23?,38?/m1/s1. The minimum absolute atomic E-state index is 0.0354. The normalized spacial score (nSPS) is 26.3. The Morgan fingerprint density at radius 2 is 1.84 bits per heavy atom. The highest BCUT2D eigenvalue weighted by molar-refractivity contribution is 7.87. The first-order chi connectivity index (χ1) is 20.8. The van der Waals surface area contributed by atoms with Gasteiger partial charge in [-0.3, -0.25) is 5.32 Å². The zero-order valence-corrected chi connectivity index (χ0v) is 24.7. The number of nitrogens with one attached hydrogen (secondary N) is 1. The largest absolute Gasteiger partial charge is 0.550 e. The number of quaternary nitrogens is 1. The minimum atomic E-state index is -5.82. The number of alkyl halides is 3. The number of hydrogen-bond donors (Lipinski definition) is 1. The van der Waals surface area contributed by atoms with E-state index in [2.05, 4.69) is 15.6 Å². The second-order valence-electron chi connectivity index (χ2n) is 11.9. The number of anilines is 1. The molecule has 3 fully saturated rings. The fourth-order valence-electron chi connectivity index (χ4n) is 6.95. The van der Waals surface area contributed by atoms with Crippen LogP contribution in [0.15, 0.2) is 65.5 Å². The molecule has 1 aromatic heterocycles. The number of aromatic nitrogens is 3. The molecule has 1 spiro atoms. The molecular weight excluding hydrogens is 601 g/mol. The topological polar surface area (TPSA) is 123 Å². The number of piperidine rings is 1. The molecule has 3 aliphatic heterocycles. The number of ether oxygens (including phenoxy) is 1. The second-order valence-corrected chi connectivity index (χ2v) is 13.9. The number of likely N-dealkylation sites (tertiary alicyclic amines) is 1. The van der Waals surface area contributed by atoms with Crippen LogP contribution < -0.4 is 5.32 Å².